The fourth-order valence-electron chi connectivity index (χ4n) is 2.14. The number of methoxy groups -OCH3 is 1. The highest BCUT2D eigenvalue weighted by Crippen LogP contribution is 2.40. The number of ether oxygens (including phenoxy) is 3. The molecule has 1 aromatic rings. The van der Waals surface area contributed by atoms with Crippen LogP contribution in [0.25, 0.3) is 0 Å². The lowest BCUT2D eigenvalue weighted by Gasteiger charge is -2.26. The third kappa shape index (κ3) is 3.55. The average Bonchev–Trinajstić information content (AvgIpc) is 2.44. The van der Waals surface area contributed by atoms with Crippen molar-refractivity contribution in [2.75, 3.05) is 26.9 Å². The smallest absolute Gasteiger partial charge is 0.203 e. The third-order valence-electron chi connectivity index (χ3n) is 3.40. The molecule has 0 aromatic heterocycles. The maximum absolute atomic E-state index is 9.04. The molecule has 1 aliphatic heterocycles. The monoisotopic (exact) mass is 281 g/mol. The average molecular weight is 281 g/mol. The predicted molar refractivity (Wildman–Crippen MR) is 76.6 cm³/mol. The Labute approximate surface area is 119 Å². The Kier molecular flexibility index (Phi) is 4.73. The van der Waals surface area contributed by atoms with Gasteiger partial charge in [0, 0.05) is 18.7 Å². The minimum absolute atomic E-state index is 0.116. The highest BCUT2D eigenvalue weighted by molar-refractivity contribution is 5.54. The zero-order valence-corrected chi connectivity index (χ0v) is 12.4. The Morgan fingerprint density at radius 3 is 2.75 bits per heavy atom. The van der Waals surface area contributed by atoms with Crippen molar-refractivity contribution in [2.24, 2.45) is 0 Å². The topological polar surface area (TPSA) is 60.0 Å². The number of rotatable bonds is 6. The van der Waals surface area contributed by atoms with E-state index in [2.05, 4.69) is 19.2 Å². The van der Waals surface area contributed by atoms with Gasteiger partial charge in [-0.3, -0.25) is 0 Å². The molecule has 0 saturated carbocycles. The van der Waals surface area contributed by atoms with Crippen molar-refractivity contribution in [2.45, 2.75) is 32.4 Å². The van der Waals surface area contributed by atoms with Gasteiger partial charge in [-0.2, -0.15) is 0 Å². The SMILES string of the molecule is COc1cc(CNC(C)(C)CCO)cc2c1OCCO2. The molecule has 0 atom stereocenters. The van der Waals surface area contributed by atoms with E-state index in [1.807, 2.05) is 12.1 Å². The van der Waals surface area contributed by atoms with Crippen LogP contribution in [-0.4, -0.2) is 37.6 Å². The van der Waals surface area contributed by atoms with Crippen LogP contribution in [0.4, 0.5) is 0 Å². The summed E-state index contributed by atoms with van der Waals surface area (Å²) in [4.78, 5) is 0. The number of hydrogen-bond donors (Lipinski definition) is 2. The quantitative estimate of drug-likeness (QED) is 0.831. The van der Waals surface area contributed by atoms with Crippen LogP contribution >= 0.6 is 0 Å². The Hall–Kier alpha value is -1.46. The van der Waals surface area contributed by atoms with Gasteiger partial charge in [0.2, 0.25) is 5.75 Å². The molecule has 20 heavy (non-hydrogen) atoms. The van der Waals surface area contributed by atoms with Crippen molar-refractivity contribution in [1.82, 2.24) is 5.32 Å². The number of nitrogens with one attached hydrogen (secondary N) is 1. The van der Waals surface area contributed by atoms with Gasteiger partial charge in [-0.1, -0.05) is 0 Å². The maximum Gasteiger partial charge on any atom is 0.203 e. The van der Waals surface area contributed by atoms with Crippen LogP contribution in [0.15, 0.2) is 12.1 Å². The van der Waals surface area contributed by atoms with Crippen LogP contribution < -0.4 is 19.5 Å². The molecular formula is C15H23NO4. The molecule has 1 heterocycles. The summed E-state index contributed by atoms with van der Waals surface area (Å²) in [5.41, 5.74) is 0.951. The lowest BCUT2D eigenvalue weighted by Crippen LogP contribution is -2.39. The Bertz CT molecular complexity index is 442. The minimum Gasteiger partial charge on any atom is -0.493 e. The van der Waals surface area contributed by atoms with Gasteiger partial charge in [0.05, 0.1) is 7.11 Å². The van der Waals surface area contributed by atoms with Gasteiger partial charge < -0.3 is 24.6 Å². The molecule has 0 amide bonds. The fourth-order valence-corrected chi connectivity index (χ4v) is 2.14. The Balaban J connectivity index is 2.12. The van der Waals surface area contributed by atoms with E-state index < -0.39 is 0 Å². The molecule has 5 heteroatoms. The molecular weight excluding hydrogens is 258 g/mol. The van der Waals surface area contributed by atoms with Crippen molar-refractivity contribution >= 4 is 0 Å². The van der Waals surface area contributed by atoms with E-state index >= 15 is 0 Å². The first-order chi connectivity index (χ1) is 9.55. The molecule has 2 N–H and O–H groups in total. The number of benzene rings is 1. The first-order valence-electron chi connectivity index (χ1n) is 6.88. The molecule has 1 aliphatic rings. The summed E-state index contributed by atoms with van der Waals surface area (Å²) in [7, 11) is 1.63. The molecule has 0 saturated heterocycles. The minimum atomic E-state index is -0.116. The van der Waals surface area contributed by atoms with Gasteiger partial charge in [0.25, 0.3) is 0 Å². The molecule has 0 fully saturated rings. The number of fused-ring (bicyclic) bond motifs is 1. The summed E-state index contributed by atoms with van der Waals surface area (Å²) >= 11 is 0. The molecule has 0 radical (unpaired) electrons. The van der Waals surface area contributed by atoms with Crippen LogP contribution in [0.1, 0.15) is 25.8 Å². The van der Waals surface area contributed by atoms with Gasteiger partial charge in [-0.05, 0) is 38.0 Å². The molecule has 2 rings (SSSR count). The van der Waals surface area contributed by atoms with E-state index in [0.717, 1.165) is 11.3 Å². The maximum atomic E-state index is 9.04. The van der Waals surface area contributed by atoms with E-state index in [4.69, 9.17) is 19.3 Å². The van der Waals surface area contributed by atoms with E-state index in [9.17, 15) is 0 Å². The number of hydrogen-bond acceptors (Lipinski definition) is 5. The Morgan fingerprint density at radius 1 is 1.30 bits per heavy atom. The van der Waals surface area contributed by atoms with Crippen molar-refractivity contribution in [1.29, 1.82) is 0 Å². The second kappa shape index (κ2) is 6.33. The highest BCUT2D eigenvalue weighted by atomic mass is 16.6. The van der Waals surface area contributed by atoms with E-state index in [1.54, 1.807) is 7.11 Å². The molecule has 0 aliphatic carbocycles. The summed E-state index contributed by atoms with van der Waals surface area (Å²) in [5, 5.41) is 12.5. The van der Waals surface area contributed by atoms with Crippen molar-refractivity contribution in [3.8, 4) is 17.2 Å². The largest absolute Gasteiger partial charge is 0.493 e. The fraction of sp³-hybridized carbons (Fsp3) is 0.600. The first-order valence-corrected chi connectivity index (χ1v) is 6.88. The molecule has 0 unspecified atom stereocenters. The second-order valence-electron chi connectivity index (χ2n) is 5.53. The Morgan fingerprint density at radius 2 is 2.05 bits per heavy atom. The van der Waals surface area contributed by atoms with E-state index in [1.165, 1.54) is 0 Å². The summed E-state index contributed by atoms with van der Waals surface area (Å²) in [6, 6.07) is 3.93. The first kappa shape index (κ1) is 14.9. The molecule has 0 bridgehead atoms. The normalized spacial score (nSPS) is 14.2. The van der Waals surface area contributed by atoms with Crippen molar-refractivity contribution in [3.63, 3.8) is 0 Å². The zero-order valence-electron chi connectivity index (χ0n) is 12.4. The number of aliphatic hydroxyl groups excluding tert-OH is 1. The van der Waals surface area contributed by atoms with Gasteiger partial charge in [-0.15, -0.1) is 0 Å². The van der Waals surface area contributed by atoms with Gasteiger partial charge in [0.1, 0.15) is 13.2 Å². The predicted octanol–water partition coefficient (Wildman–Crippen LogP) is 1.72. The summed E-state index contributed by atoms with van der Waals surface area (Å²) < 4.78 is 16.6. The summed E-state index contributed by atoms with van der Waals surface area (Å²) in [5.74, 6) is 2.10. The molecule has 0 spiro atoms. The zero-order chi connectivity index (χ0) is 14.6. The molecule has 112 valence electrons. The summed E-state index contributed by atoms with van der Waals surface area (Å²) in [6.07, 6.45) is 0.703. The third-order valence-corrected chi connectivity index (χ3v) is 3.40. The van der Waals surface area contributed by atoms with Gasteiger partial charge in [0.15, 0.2) is 11.5 Å². The van der Waals surface area contributed by atoms with Crippen LogP contribution in [-0.2, 0) is 6.54 Å². The number of aliphatic hydroxyl groups is 1. The van der Waals surface area contributed by atoms with E-state index in [0.29, 0.717) is 37.7 Å². The van der Waals surface area contributed by atoms with Crippen molar-refractivity contribution < 1.29 is 19.3 Å². The van der Waals surface area contributed by atoms with Gasteiger partial charge >= 0.3 is 0 Å². The lowest BCUT2D eigenvalue weighted by atomic mass is 10.0. The standard InChI is InChI=1S/C15H23NO4/c1-15(2,4-5-17)16-10-11-8-12(18-3)14-13(9-11)19-6-7-20-14/h8-9,16-17H,4-7,10H2,1-3H3. The van der Waals surface area contributed by atoms with Crippen LogP contribution in [0.2, 0.25) is 0 Å². The van der Waals surface area contributed by atoms with Gasteiger partial charge in [-0.25, -0.2) is 0 Å². The van der Waals surface area contributed by atoms with Crippen LogP contribution in [0.3, 0.4) is 0 Å². The molecule has 5 nitrogen and oxygen atoms in total. The lowest BCUT2D eigenvalue weighted by molar-refractivity contribution is 0.164. The summed E-state index contributed by atoms with van der Waals surface area (Å²) in [6.45, 7) is 6.09. The second-order valence-corrected chi connectivity index (χ2v) is 5.53. The highest BCUT2D eigenvalue weighted by Gasteiger charge is 2.20. The van der Waals surface area contributed by atoms with Crippen LogP contribution in [0, 0.1) is 0 Å². The van der Waals surface area contributed by atoms with E-state index in [-0.39, 0.29) is 12.1 Å². The van der Waals surface area contributed by atoms with Crippen molar-refractivity contribution in [3.05, 3.63) is 17.7 Å². The van der Waals surface area contributed by atoms with Crippen LogP contribution in [0.5, 0.6) is 17.2 Å². The molecule has 1 aromatic carbocycles.